The van der Waals surface area contributed by atoms with Crippen molar-refractivity contribution in [2.24, 2.45) is 0 Å². The van der Waals surface area contributed by atoms with Gasteiger partial charge in [0.05, 0.1) is 10.9 Å². The van der Waals surface area contributed by atoms with E-state index >= 15 is 0 Å². The van der Waals surface area contributed by atoms with E-state index in [4.69, 9.17) is 4.52 Å². The first kappa shape index (κ1) is 17.8. The Morgan fingerprint density at radius 1 is 1.07 bits per heavy atom. The van der Waals surface area contributed by atoms with Crippen molar-refractivity contribution in [1.82, 2.24) is 25.1 Å². The van der Waals surface area contributed by atoms with Crippen LogP contribution in [0.1, 0.15) is 17.3 Å². The smallest absolute Gasteiger partial charge is 0.337 e. The van der Waals surface area contributed by atoms with Crippen molar-refractivity contribution in [3.8, 4) is 11.1 Å². The van der Waals surface area contributed by atoms with Crippen molar-refractivity contribution in [2.75, 3.05) is 0 Å². The van der Waals surface area contributed by atoms with Crippen LogP contribution >= 0.6 is 0 Å². The largest absolute Gasteiger partial charge is 0.416 e. The van der Waals surface area contributed by atoms with Gasteiger partial charge in [-0.05, 0) is 42.3 Å². The third kappa shape index (κ3) is 3.36. The number of aryl methyl sites for hydroxylation is 1. The van der Waals surface area contributed by atoms with Gasteiger partial charge < -0.3 is 4.52 Å². The third-order valence-corrected chi connectivity index (χ3v) is 4.12. The molecular weight excluding hydrogens is 375 g/mol. The summed E-state index contributed by atoms with van der Waals surface area (Å²) < 4.78 is 44.3. The zero-order chi connectivity index (χ0) is 19.9. The lowest BCUT2D eigenvalue weighted by molar-refractivity contribution is -0.137. The van der Waals surface area contributed by atoms with Gasteiger partial charge in [0.15, 0.2) is 5.82 Å². The molecule has 0 aliphatic carbocycles. The van der Waals surface area contributed by atoms with Crippen LogP contribution in [0.2, 0.25) is 0 Å². The van der Waals surface area contributed by atoms with Crippen LogP contribution in [0.5, 0.6) is 0 Å². The maximum absolute atomic E-state index is 12.7. The van der Waals surface area contributed by atoms with Crippen LogP contribution in [-0.4, -0.2) is 25.1 Å². The molecule has 2 heterocycles. The van der Waals surface area contributed by atoms with Crippen LogP contribution in [0.3, 0.4) is 0 Å². The van der Waals surface area contributed by atoms with E-state index < -0.39 is 17.3 Å². The number of aromatic nitrogens is 5. The Bertz CT molecular complexity index is 1210. The Kier molecular flexibility index (Phi) is 4.17. The lowest BCUT2D eigenvalue weighted by Crippen LogP contribution is -2.25. The molecule has 0 aliphatic rings. The molecule has 0 fully saturated rings. The number of alkyl halides is 3. The van der Waals surface area contributed by atoms with Crippen molar-refractivity contribution < 1.29 is 17.7 Å². The van der Waals surface area contributed by atoms with Gasteiger partial charge in [-0.15, -0.1) is 5.10 Å². The van der Waals surface area contributed by atoms with E-state index in [-0.39, 0.29) is 17.8 Å². The fraction of sp³-hybridized carbons (Fsp3) is 0.167. The fourth-order valence-corrected chi connectivity index (χ4v) is 2.74. The summed E-state index contributed by atoms with van der Waals surface area (Å²) in [5.74, 6) is 0.647. The Morgan fingerprint density at radius 2 is 1.79 bits per heavy atom. The molecule has 0 amide bonds. The summed E-state index contributed by atoms with van der Waals surface area (Å²) in [6.07, 6.45) is -4.40. The summed E-state index contributed by atoms with van der Waals surface area (Å²) in [4.78, 5) is 16.8. The molecule has 2 aromatic carbocycles. The molecule has 0 bridgehead atoms. The number of hydrogen-bond acceptors (Lipinski definition) is 6. The molecule has 28 heavy (non-hydrogen) atoms. The monoisotopic (exact) mass is 387 g/mol. The molecule has 0 spiro atoms. The number of benzene rings is 2. The van der Waals surface area contributed by atoms with Crippen LogP contribution in [0.25, 0.3) is 22.0 Å². The highest BCUT2D eigenvalue weighted by Crippen LogP contribution is 2.31. The molecule has 4 aromatic rings. The molecule has 0 atom stereocenters. The minimum absolute atomic E-state index is 0.0346. The summed E-state index contributed by atoms with van der Waals surface area (Å²) in [5.41, 5.74) is 0.352. The average molecular weight is 387 g/mol. The van der Waals surface area contributed by atoms with Crippen molar-refractivity contribution in [1.29, 1.82) is 0 Å². The maximum Gasteiger partial charge on any atom is 0.416 e. The highest BCUT2D eigenvalue weighted by Gasteiger charge is 2.30. The van der Waals surface area contributed by atoms with Gasteiger partial charge in [0, 0.05) is 0 Å². The Balaban J connectivity index is 1.73. The van der Waals surface area contributed by atoms with E-state index in [0.29, 0.717) is 22.5 Å². The van der Waals surface area contributed by atoms with E-state index in [1.807, 2.05) is 0 Å². The predicted octanol–water partition coefficient (Wildman–Crippen LogP) is 3.22. The highest BCUT2D eigenvalue weighted by molar-refractivity contribution is 5.83. The van der Waals surface area contributed by atoms with Gasteiger partial charge in [0.2, 0.25) is 5.89 Å². The van der Waals surface area contributed by atoms with Gasteiger partial charge >= 0.3 is 6.18 Å². The Morgan fingerprint density at radius 3 is 2.43 bits per heavy atom. The van der Waals surface area contributed by atoms with Crippen LogP contribution in [0.15, 0.2) is 51.8 Å². The van der Waals surface area contributed by atoms with Gasteiger partial charge in [-0.2, -0.15) is 18.2 Å². The zero-order valence-corrected chi connectivity index (χ0v) is 14.4. The van der Waals surface area contributed by atoms with Gasteiger partial charge in [-0.25, -0.2) is 4.68 Å². The molecule has 0 aliphatic heterocycles. The van der Waals surface area contributed by atoms with Gasteiger partial charge in [-0.3, -0.25) is 4.79 Å². The number of rotatable bonds is 3. The number of nitrogens with zero attached hydrogens (tertiary/aromatic N) is 5. The second kappa shape index (κ2) is 6.55. The second-order valence-corrected chi connectivity index (χ2v) is 6.09. The van der Waals surface area contributed by atoms with E-state index in [1.54, 1.807) is 25.1 Å². The van der Waals surface area contributed by atoms with Crippen molar-refractivity contribution >= 4 is 10.9 Å². The first-order valence-electron chi connectivity index (χ1n) is 8.15. The van der Waals surface area contributed by atoms with Gasteiger partial charge in [0.25, 0.3) is 5.56 Å². The molecule has 0 N–H and O–H groups in total. The van der Waals surface area contributed by atoms with Crippen LogP contribution < -0.4 is 5.56 Å². The SMILES string of the molecule is Cc1noc(Cn2nnc3ccc(-c4ccc(C(F)(F)F)cc4)cc3c2=O)n1. The molecule has 142 valence electrons. The first-order valence-corrected chi connectivity index (χ1v) is 8.15. The molecule has 7 nitrogen and oxygen atoms in total. The molecular formula is C18H12F3N5O2. The lowest BCUT2D eigenvalue weighted by atomic mass is 10.0. The molecule has 4 rings (SSSR count). The third-order valence-electron chi connectivity index (χ3n) is 4.12. The van der Waals surface area contributed by atoms with Crippen LogP contribution in [0, 0.1) is 6.92 Å². The van der Waals surface area contributed by atoms with Crippen molar-refractivity contribution in [3.63, 3.8) is 0 Å². The second-order valence-electron chi connectivity index (χ2n) is 6.09. The molecule has 2 aromatic heterocycles. The maximum atomic E-state index is 12.7. The summed E-state index contributed by atoms with van der Waals surface area (Å²) in [7, 11) is 0. The Hall–Kier alpha value is -3.56. The average Bonchev–Trinajstić information content (AvgIpc) is 3.08. The summed E-state index contributed by atoms with van der Waals surface area (Å²) in [6, 6.07) is 9.56. The first-order chi connectivity index (χ1) is 13.3. The topological polar surface area (TPSA) is 86.7 Å². The number of hydrogen-bond donors (Lipinski definition) is 0. The summed E-state index contributed by atoms with van der Waals surface area (Å²) in [6.45, 7) is 1.62. The molecule has 0 saturated carbocycles. The van der Waals surface area contributed by atoms with Crippen molar-refractivity contribution in [2.45, 2.75) is 19.6 Å². The summed E-state index contributed by atoms with van der Waals surface area (Å²) in [5, 5.41) is 11.8. The fourth-order valence-electron chi connectivity index (χ4n) is 2.74. The lowest BCUT2D eigenvalue weighted by Gasteiger charge is -2.08. The highest BCUT2D eigenvalue weighted by atomic mass is 19.4. The number of halogens is 3. The molecule has 0 unspecified atom stereocenters. The minimum atomic E-state index is -4.40. The van der Waals surface area contributed by atoms with Crippen molar-refractivity contribution in [3.05, 3.63) is 70.1 Å². The predicted molar refractivity (Wildman–Crippen MR) is 92.4 cm³/mol. The molecule has 0 radical (unpaired) electrons. The van der Waals surface area contributed by atoms with Crippen LogP contribution in [0.4, 0.5) is 13.2 Å². The normalized spacial score (nSPS) is 11.9. The van der Waals surface area contributed by atoms with E-state index in [1.165, 1.54) is 12.1 Å². The quantitative estimate of drug-likeness (QED) is 0.537. The van der Waals surface area contributed by atoms with Gasteiger partial charge in [-0.1, -0.05) is 28.6 Å². The van der Waals surface area contributed by atoms with E-state index in [0.717, 1.165) is 16.8 Å². The standard InChI is InChI=1S/C18H12F3N5O2/c1-10-22-16(28-24-10)9-26-17(27)14-8-12(4-7-15(14)23-25-26)11-2-5-13(6-3-11)18(19,20)21/h2-8H,9H2,1H3. The number of fused-ring (bicyclic) bond motifs is 1. The Labute approximate surface area is 155 Å². The zero-order valence-electron chi connectivity index (χ0n) is 14.4. The molecule has 10 heteroatoms. The van der Waals surface area contributed by atoms with Crippen LogP contribution in [-0.2, 0) is 12.7 Å². The van der Waals surface area contributed by atoms with E-state index in [2.05, 4.69) is 20.5 Å². The molecule has 0 saturated heterocycles. The van der Waals surface area contributed by atoms with E-state index in [9.17, 15) is 18.0 Å². The minimum Gasteiger partial charge on any atom is -0.337 e. The summed E-state index contributed by atoms with van der Waals surface area (Å²) >= 11 is 0. The van der Waals surface area contributed by atoms with Gasteiger partial charge in [0.1, 0.15) is 12.1 Å².